The highest BCUT2D eigenvalue weighted by Crippen LogP contribution is 2.23. The number of anilines is 1. The monoisotopic (exact) mass is 296 g/mol. The Morgan fingerprint density at radius 2 is 1.85 bits per heavy atom. The van der Waals surface area contributed by atoms with Crippen molar-refractivity contribution in [2.45, 2.75) is 38.5 Å². The Hall–Kier alpha value is -1.55. The van der Waals surface area contributed by atoms with Gasteiger partial charge < -0.3 is 10.6 Å². The summed E-state index contributed by atoms with van der Waals surface area (Å²) >= 11 is 5.62. The number of hydrogen-bond acceptors (Lipinski definition) is 2. The van der Waals surface area contributed by atoms with E-state index in [0.29, 0.717) is 5.92 Å². The molecule has 0 unspecified atom stereocenters. The first kappa shape index (κ1) is 16.5. The highest BCUT2D eigenvalue weighted by atomic mass is 35.5. The quantitative estimate of drug-likeness (QED) is 0.793. The van der Waals surface area contributed by atoms with Gasteiger partial charge in [-0.15, -0.1) is 11.6 Å². The molecule has 0 spiro atoms. The number of nitrogens with one attached hydrogen (secondary N) is 2. The van der Waals surface area contributed by atoms with E-state index in [2.05, 4.69) is 24.5 Å². The standard InChI is InChI=1S/C15H21ClN2O2/c1-10(2)12-6-4-5-7-13(12)18-14(19)8-9-17-15(20)11(3)16/h4-7,10-11H,8-9H2,1-3H3,(H,17,20)(H,18,19)/t11-/m1/s1. The summed E-state index contributed by atoms with van der Waals surface area (Å²) in [5.74, 6) is -0.0500. The largest absolute Gasteiger partial charge is 0.354 e. The fourth-order valence-electron chi connectivity index (χ4n) is 1.77. The molecule has 0 radical (unpaired) electrons. The number of para-hydroxylation sites is 1. The molecule has 0 saturated carbocycles. The van der Waals surface area contributed by atoms with Crippen LogP contribution in [0.3, 0.4) is 0 Å². The Labute approximate surface area is 124 Å². The van der Waals surface area contributed by atoms with E-state index in [0.717, 1.165) is 11.3 Å². The van der Waals surface area contributed by atoms with Gasteiger partial charge in [0.15, 0.2) is 0 Å². The van der Waals surface area contributed by atoms with Gasteiger partial charge in [0.2, 0.25) is 11.8 Å². The van der Waals surface area contributed by atoms with E-state index >= 15 is 0 Å². The van der Waals surface area contributed by atoms with Gasteiger partial charge in [0.05, 0.1) is 0 Å². The maximum atomic E-state index is 11.8. The van der Waals surface area contributed by atoms with Gasteiger partial charge in [-0.3, -0.25) is 9.59 Å². The summed E-state index contributed by atoms with van der Waals surface area (Å²) in [4.78, 5) is 23.1. The lowest BCUT2D eigenvalue weighted by Gasteiger charge is -2.13. The van der Waals surface area contributed by atoms with Gasteiger partial charge in [-0.25, -0.2) is 0 Å². The first-order valence-electron chi connectivity index (χ1n) is 6.72. The number of alkyl halides is 1. The zero-order valence-electron chi connectivity index (χ0n) is 12.1. The van der Waals surface area contributed by atoms with E-state index in [4.69, 9.17) is 11.6 Å². The molecule has 1 atom stereocenters. The molecule has 0 aliphatic carbocycles. The smallest absolute Gasteiger partial charge is 0.237 e. The summed E-state index contributed by atoms with van der Waals surface area (Å²) in [5.41, 5.74) is 1.92. The van der Waals surface area contributed by atoms with Crippen molar-refractivity contribution in [2.24, 2.45) is 0 Å². The van der Waals surface area contributed by atoms with Gasteiger partial charge in [0.25, 0.3) is 0 Å². The number of carbonyl (C=O) groups excluding carboxylic acids is 2. The molecular weight excluding hydrogens is 276 g/mol. The zero-order valence-corrected chi connectivity index (χ0v) is 12.8. The Morgan fingerprint density at radius 1 is 1.20 bits per heavy atom. The van der Waals surface area contributed by atoms with Crippen LogP contribution >= 0.6 is 11.6 Å². The minimum Gasteiger partial charge on any atom is -0.354 e. The number of rotatable bonds is 6. The molecule has 2 amide bonds. The van der Waals surface area contributed by atoms with Crippen LogP contribution in [0.25, 0.3) is 0 Å². The number of hydrogen-bond donors (Lipinski definition) is 2. The van der Waals surface area contributed by atoms with Crippen molar-refractivity contribution in [1.82, 2.24) is 5.32 Å². The number of amides is 2. The lowest BCUT2D eigenvalue weighted by atomic mass is 10.0. The second-order valence-corrected chi connectivity index (χ2v) is 5.60. The van der Waals surface area contributed by atoms with Gasteiger partial charge in [0.1, 0.15) is 5.38 Å². The van der Waals surface area contributed by atoms with Crippen molar-refractivity contribution in [3.63, 3.8) is 0 Å². The first-order chi connectivity index (χ1) is 9.41. The third kappa shape index (κ3) is 5.21. The Bertz CT molecular complexity index is 473. The molecule has 1 rings (SSSR count). The van der Waals surface area contributed by atoms with E-state index in [1.54, 1.807) is 6.92 Å². The van der Waals surface area contributed by atoms with Crippen LogP contribution in [0.1, 0.15) is 38.7 Å². The van der Waals surface area contributed by atoms with Gasteiger partial charge >= 0.3 is 0 Å². The van der Waals surface area contributed by atoms with E-state index in [-0.39, 0.29) is 24.8 Å². The summed E-state index contributed by atoms with van der Waals surface area (Å²) in [6.07, 6.45) is 0.224. The summed E-state index contributed by atoms with van der Waals surface area (Å²) < 4.78 is 0. The SMILES string of the molecule is CC(C)c1ccccc1NC(=O)CCNC(=O)[C@@H](C)Cl. The molecule has 0 saturated heterocycles. The van der Waals surface area contributed by atoms with E-state index in [1.807, 2.05) is 24.3 Å². The highest BCUT2D eigenvalue weighted by molar-refractivity contribution is 6.30. The maximum Gasteiger partial charge on any atom is 0.237 e. The highest BCUT2D eigenvalue weighted by Gasteiger charge is 2.11. The zero-order chi connectivity index (χ0) is 15.1. The van der Waals surface area contributed by atoms with Crippen molar-refractivity contribution < 1.29 is 9.59 Å². The Morgan fingerprint density at radius 3 is 2.45 bits per heavy atom. The molecule has 1 aromatic rings. The van der Waals surface area contributed by atoms with Crippen molar-refractivity contribution in [2.75, 3.05) is 11.9 Å². The first-order valence-corrected chi connectivity index (χ1v) is 7.16. The molecule has 20 heavy (non-hydrogen) atoms. The van der Waals surface area contributed by atoms with Crippen LogP contribution in [0, 0.1) is 0 Å². The maximum absolute atomic E-state index is 11.8. The minimum absolute atomic E-state index is 0.124. The molecule has 0 aliphatic heterocycles. The summed E-state index contributed by atoms with van der Waals surface area (Å²) in [7, 11) is 0. The predicted octanol–water partition coefficient (Wildman–Crippen LogP) is 2.88. The topological polar surface area (TPSA) is 58.2 Å². The van der Waals surface area contributed by atoms with Crippen LogP contribution in [0.15, 0.2) is 24.3 Å². The molecule has 0 aliphatic rings. The second-order valence-electron chi connectivity index (χ2n) is 4.95. The third-order valence-electron chi connectivity index (χ3n) is 2.87. The van der Waals surface area contributed by atoms with Crippen LogP contribution in [0.4, 0.5) is 5.69 Å². The average Bonchev–Trinajstić information content (AvgIpc) is 2.38. The number of halogens is 1. The third-order valence-corrected chi connectivity index (χ3v) is 3.07. The molecule has 1 aromatic carbocycles. The predicted molar refractivity (Wildman–Crippen MR) is 82.1 cm³/mol. The Kier molecular flexibility index (Phi) is 6.52. The molecular formula is C15H21ClN2O2. The number of benzene rings is 1. The fraction of sp³-hybridized carbons (Fsp3) is 0.467. The Balaban J connectivity index is 2.49. The van der Waals surface area contributed by atoms with Crippen LogP contribution in [-0.2, 0) is 9.59 Å². The second kappa shape index (κ2) is 7.90. The van der Waals surface area contributed by atoms with Crippen molar-refractivity contribution in [3.05, 3.63) is 29.8 Å². The normalized spacial score (nSPS) is 12.1. The van der Waals surface area contributed by atoms with Crippen LogP contribution < -0.4 is 10.6 Å². The molecule has 0 aromatic heterocycles. The molecule has 110 valence electrons. The lowest BCUT2D eigenvalue weighted by molar-refractivity contribution is -0.120. The molecule has 4 nitrogen and oxygen atoms in total. The molecule has 5 heteroatoms. The van der Waals surface area contributed by atoms with Crippen molar-refractivity contribution >= 4 is 29.1 Å². The van der Waals surface area contributed by atoms with Gasteiger partial charge in [0, 0.05) is 18.7 Å². The summed E-state index contributed by atoms with van der Waals surface area (Å²) in [6.45, 7) is 6.03. The average molecular weight is 297 g/mol. The van der Waals surface area contributed by atoms with Crippen LogP contribution in [0.5, 0.6) is 0 Å². The summed E-state index contributed by atoms with van der Waals surface area (Å²) in [6, 6.07) is 7.72. The molecule has 0 fully saturated rings. The minimum atomic E-state index is -0.584. The van der Waals surface area contributed by atoms with E-state index in [1.165, 1.54) is 0 Å². The molecule has 0 bridgehead atoms. The van der Waals surface area contributed by atoms with Crippen molar-refractivity contribution in [3.8, 4) is 0 Å². The lowest BCUT2D eigenvalue weighted by Crippen LogP contribution is -2.32. The van der Waals surface area contributed by atoms with Gasteiger partial charge in [-0.2, -0.15) is 0 Å². The van der Waals surface area contributed by atoms with E-state index < -0.39 is 5.38 Å². The molecule has 2 N–H and O–H groups in total. The summed E-state index contributed by atoms with van der Waals surface area (Å²) in [5, 5.41) is 4.89. The fourth-order valence-corrected chi connectivity index (χ4v) is 1.84. The van der Waals surface area contributed by atoms with Gasteiger partial charge in [-0.1, -0.05) is 32.0 Å². The number of carbonyl (C=O) groups is 2. The van der Waals surface area contributed by atoms with Crippen LogP contribution in [0.2, 0.25) is 0 Å². The molecule has 0 heterocycles. The van der Waals surface area contributed by atoms with Crippen LogP contribution in [-0.4, -0.2) is 23.7 Å². The van der Waals surface area contributed by atoms with Gasteiger partial charge in [-0.05, 0) is 24.5 Å². The van der Waals surface area contributed by atoms with Crippen molar-refractivity contribution in [1.29, 1.82) is 0 Å². The van der Waals surface area contributed by atoms with E-state index in [9.17, 15) is 9.59 Å².